The van der Waals surface area contributed by atoms with Crippen LogP contribution < -0.4 is 0 Å². The number of benzene rings is 1. The van der Waals surface area contributed by atoms with E-state index in [9.17, 15) is 9.90 Å². The predicted molar refractivity (Wildman–Crippen MR) is 89.2 cm³/mol. The van der Waals surface area contributed by atoms with Crippen LogP contribution in [0.25, 0.3) is 5.69 Å². The second-order valence-electron chi connectivity index (χ2n) is 5.97. The number of carbonyl (C=O) groups excluding carboxylic acids is 1. The van der Waals surface area contributed by atoms with Crippen molar-refractivity contribution in [1.82, 2.24) is 14.7 Å². The second-order valence-corrected chi connectivity index (χ2v) is 6.34. The lowest BCUT2D eigenvalue weighted by Gasteiger charge is -2.29. The summed E-state index contributed by atoms with van der Waals surface area (Å²) in [5.41, 5.74) is 3.20. The molecule has 2 aromatic rings. The quantitative estimate of drug-likeness (QED) is 0.919. The van der Waals surface area contributed by atoms with E-state index in [4.69, 9.17) is 11.6 Å². The number of amides is 1. The first kappa shape index (κ1) is 16.0. The number of rotatable bonds is 2. The van der Waals surface area contributed by atoms with Gasteiger partial charge in [-0.25, -0.2) is 4.68 Å². The van der Waals surface area contributed by atoms with Crippen LogP contribution >= 0.6 is 11.6 Å². The van der Waals surface area contributed by atoms with Crippen LogP contribution in [-0.2, 0) is 0 Å². The first-order valence-corrected chi connectivity index (χ1v) is 8.14. The molecule has 1 saturated heterocycles. The van der Waals surface area contributed by atoms with Gasteiger partial charge in [0.1, 0.15) is 0 Å². The molecule has 1 aromatic heterocycles. The van der Waals surface area contributed by atoms with Crippen LogP contribution in [-0.4, -0.2) is 44.9 Å². The minimum atomic E-state index is -0.280. The van der Waals surface area contributed by atoms with Crippen molar-refractivity contribution in [2.45, 2.75) is 32.8 Å². The molecule has 1 amide bonds. The van der Waals surface area contributed by atoms with Crippen LogP contribution in [0.3, 0.4) is 0 Å². The van der Waals surface area contributed by atoms with E-state index in [0.29, 0.717) is 36.5 Å². The Bertz CT molecular complexity index is 716. The number of halogens is 1. The van der Waals surface area contributed by atoms with Crippen molar-refractivity contribution in [3.05, 3.63) is 46.2 Å². The molecular weight excluding hydrogens is 314 g/mol. The molecule has 0 atom stereocenters. The van der Waals surface area contributed by atoms with Gasteiger partial charge in [0.15, 0.2) is 0 Å². The molecule has 0 bridgehead atoms. The number of hydrogen-bond donors (Lipinski definition) is 1. The van der Waals surface area contributed by atoms with Crippen LogP contribution in [0.2, 0.25) is 5.02 Å². The van der Waals surface area contributed by atoms with Crippen molar-refractivity contribution in [3.8, 4) is 5.69 Å². The maximum atomic E-state index is 12.5. The number of carbonyl (C=O) groups is 1. The normalized spacial score (nSPS) is 15.9. The average Bonchev–Trinajstić information content (AvgIpc) is 2.83. The molecular formula is C17H20ClN3O2. The van der Waals surface area contributed by atoms with E-state index in [2.05, 4.69) is 5.10 Å². The molecule has 122 valence electrons. The highest BCUT2D eigenvalue weighted by atomic mass is 35.5. The highest BCUT2D eigenvalue weighted by Gasteiger charge is 2.22. The Labute approximate surface area is 140 Å². The number of aliphatic hydroxyl groups is 1. The summed E-state index contributed by atoms with van der Waals surface area (Å²) in [6, 6.07) is 7.38. The number of aliphatic hydroxyl groups excluding tert-OH is 1. The van der Waals surface area contributed by atoms with Crippen molar-refractivity contribution in [3.63, 3.8) is 0 Å². The fourth-order valence-corrected chi connectivity index (χ4v) is 2.99. The second kappa shape index (κ2) is 6.34. The Morgan fingerprint density at radius 3 is 2.35 bits per heavy atom. The lowest BCUT2D eigenvalue weighted by Crippen LogP contribution is -2.40. The number of piperidine rings is 1. The molecule has 6 heteroatoms. The van der Waals surface area contributed by atoms with Crippen LogP contribution in [0.15, 0.2) is 24.3 Å². The summed E-state index contributed by atoms with van der Waals surface area (Å²) >= 11 is 6.18. The lowest BCUT2D eigenvalue weighted by atomic mass is 10.1. The third-order valence-electron chi connectivity index (χ3n) is 4.31. The van der Waals surface area contributed by atoms with Crippen LogP contribution in [0.5, 0.6) is 0 Å². The summed E-state index contributed by atoms with van der Waals surface area (Å²) in [6.45, 7) is 5.00. The third kappa shape index (κ3) is 3.12. The van der Waals surface area contributed by atoms with E-state index < -0.39 is 0 Å². The first-order chi connectivity index (χ1) is 11.0. The molecule has 2 heterocycles. The van der Waals surface area contributed by atoms with Gasteiger partial charge < -0.3 is 10.0 Å². The molecule has 0 unspecified atom stereocenters. The summed E-state index contributed by atoms with van der Waals surface area (Å²) in [5.74, 6) is 0.00912. The van der Waals surface area contributed by atoms with E-state index in [0.717, 1.165) is 17.1 Å². The molecule has 23 heavy (non-hydrogen) atoms. The number of aryl methyl sites for hydroxylation is 1. The highest BCUT2D eigenvalue weighted by molar-refractivity contribution is 6.31. The van der Waals surface area contributed by atoms with E-state index in [1.54, 1.807) is 9.58 Å². The van der Waals surface area contributed by atoms with E-state index in [1.807, 2.05) is 38.1 Å². The fourth-order valence-electron chi connectivity index (χ4n) is 2.87. The number of hydrogen-bond acceptors (Lipinski definition) is 3. The molecule has 1 aliphatic rings. The Balaban J connectivity index is 1.79. The van der Waals surface area contributed by atoms with E-state index in [1.165, 1.54) is 0 Å². The molecule has 3 rings (SSSR count). The van der Waals surface area contributed by atoms with Gasteiger partial charge in [-0.1, -0.05) is 11.6 Å². The molecule has 1 aliphatic heterocycles. The lowest BCUT2D eigenvalue weighted by molar-refractivity contribution is 0.0546. The topological polar surface area (TPSA) is 58.4 Å². The van der Waals surface area contributed by atoms with Crippen LogP contribution in [0.4, 0.5) is 0 Å². The van der Waals surface area contributed by atoms with Crippen molar-refractivity contribution >= 4 is 17.5 Å². The van der Waals surface area contributed by atoms with Gasteiger partial charge in [0, 0.05) is 18.7 Å². The van der Waals surface area contributed by atoms with Gasteiger partial charge in [0.2, 0.25) is 0 Å². The highest BCUT2D eigenvalue weighted by Crippen LogP contribution is 2.23. The molecule has 1 aromatic carbocycles. The number of likely N-dealkylation sites (tertiary alicyclic amines) is 1. The monoisotopic (exact) mass is 333 g/mol. The van der Waals surface area contributed by atoms with Gasteiger partial charge in [-0.2, -0.15) is 5.10 Å². The molecule has 5 nitrogen and oxygen atoms in total. The van der Waals surface area contributed by atoms with Crippen molar-refractivity contribution in [2.24, 2.45) is 0 Å². The molecule has 0 spiro atoms. The molecule has 0 aliphatic carbocycles. The zero-order valence-corrected chi connectivity index (χ0v) is 14.0. The zero-order valence-electron chi connectivity index (χ0n) is 13.3. The predicted octanol–water partition coefficient (Wildman–Crippen LogP) is 2.74. The molecule has 1 N–H and O–H groups in total. The minimum Gasteiger partial charge on any atom is -0.393 e. The zero-order chi connectivity index (χ0) is 16.6. The Morgan fingerprint density at radius 2 is 1.83 bits per heavy atom. The van der Waals surface area contributed by atoms with Gasteiger partial charge in [-0.3, -0.25) is 4.79 Å². The Morgan fingerprint density at radius 1 is 1.22 bits per heavy atom. The largest absolute Gasteiger partial charge is 0.393 e. The summed E-state index contributed by atoms with van der Waals surface area (Å²) in [5, 5.41) is 14.6. The average molecular weight is 334 g/mol. The summed E-state index contributed by atoms with van der Waals surface area (Å²) in [6.07, 6.45) is 1.01. The van der Waals surface area contributed by atoms with Crippen molar-refractivity contribution in [2.75, 3.05) is 13.1 Å². The standard InChI is InChI=1S/C17H20ClN3O2/c1-11-16(18)12(2)21(19-11)14-5-3-13(4-6-14)17(23)20-9-7-15(22)8-10-20/h3-6,15,22H,7-10H2,1-2H3. The fraction of sp³-hybridized carbons (Fsp3) is 0.412. The maximum absolute atomic E-state index is 12.5. The van der Waals surface area contributed by atoms with Gasteiger partial charge in [0.25, 0.3) is 5.91 Å². The third-order valence-corrected chi connectivity index (χ3v) is 4.86. The van der Waals surface area contributed by atoms with Gasteiger partial charge >= 0.3 is 0 Å². The Hall–Kier alpha value is -1.85. The number of nitrogens with zero attached hydrogens (tertiary/aromatic N) is 3. The first-order valence-electron chi connectivity index (χ1n) is 7.77. The summed E-state index contributed by atoms with van der Waals surface area (Å²) < 4.78 is 1.78. The van der Waals surface area contributed by atoms with Gasteiger partial charge in [-0.05, 0) is 51.0 Å². The minimum absolute atomic E-state index is 0.00912. The van der Waals surface area contributed by atoms with Crippen LogP contribution in [0, 0.1) is 13.8 Å². The van der Waals surface area contributed by atoms with Gasteiger partial charge in [0.05, 0.1) is 28.2 Å². The maximum Gasteiger partial charge on any atom is 0.253 e. The SMILES string of the molecule is Cc1nn(-c2ccc(C(=O)N3CCC(O)CC3)cc2)c(C)c1Cl. The summed E-state index contributed by atoms with van der Waals surface area (Å²) in [7, 11) is 0. The molecule has 0 radical (unpaired) electrons. The van der Waals surface area contributed by atoms with E-state index in [-0.39, 0.29) is 12.0 Å². The number of aromatic nitrogens is 2. The van der Waals surface area contributed by atoms with Crippen LogP contribution in [0.1, 0.15) is 34.6 Å². The van der Waals surface area contributed by atoms with Gasteiger partial charge in [-0.15, -0.1) is 0 Å². The Kier molecular flexibility index (Phi) is 4.41. The van der Waals surface area contributed by atoms with Crippen molar-refractivity contribution in [1.29, 1.82) is 0 Å². The van der Waals surface area contributed by atoms with E-state index >= 15 is 0 Å². The molecule has 0 saturated carbocycles. The summed E-state index contributed by atoms with van der Waals surface area (Å²) in [4.78, 5) is 14.3. The van der Waals surface area contributed by atoms with Crippen molar-refractivity contribution < 1.29 is 9.90 Å². The molecule has 1 fully saturated rings. The smallest absolute Gasteiger partial charge is 0.253 e.